The number of halogens is 3. The van der Waals surface area contributed by atoms with Crippen molar-refractivity contribution in [3.8, 4) is 0 Å². The first-order valence-corrected chi connectivity index (χ1v) is 9.43. The van der Waals surface area contributed by atoms with E-state index in [1.165, 1.54) is 12.1 Å². The lowest BCUT2D eigenvalue weighted by Crippen LogP contribution is -2.46. The monoisotopic (exact) mass is 418 g/mol. The number of nitrogens with one attached hydrogen (secondary N) is 1. The quantitative estimate of drug-likeness (QED) is 0.521. The van der Waals surface area contributed by atoms with Gasteiger partial charge in [-0.1, -0.05) is 23.7 Å². The van der Waals surface area contributed by atoms with E-state index in [-0.39, 0.29) is 16.2 Å². The second kappa shape index (κ2) is 7.88. The van der Waals surface area contributed by atoms with E-state index in [9.17, 15) is 18.4 Å². The van der Waals surface area contributed by atoms with Crippen LogP contribution in [0.1, 0.15) is 16.1 Å². The predicted molar refractivity (Wildman–Crippen MR) is 107 cm³/mol. The minimum atomic E-state index is -0.675. The van der Waals surface area contributed by atoms with E-state index in [0.717, 1.165) is 0 Å². The maximum Gasteiger partial charge on any atom is 0.267 e. The van der Waals surface area contributed by atoms with Gasteiger partial charge in [-0.15, -0.1) is 0 Å². The summed E-state index contributed by atoms with van der Waals surface area (Å²) in [5.41, 5.74) is 0.476. The largest absolute Gasteiger partial charge is 0.365 e. The zero-order chi connectivity index (χ0) is 20.5. The molecule has 9 heteroatoms. The number of H-pyrrole nitrogens is 1. The van der Waals surface area contributed by atoms with Gasteiger partial charge in [0.15, 0.2) is 12.1 Å². The number of carbonyl (C=O) groups is 1. The van der Waals surface area contributed by atoms with Crippen molar-refractivity contribution in [1.82, 2.24) is 14.9 Å². The molecular formula is C20H17ClF2N4O2. The fourth-order valence-corrected chi connectivity index (χ4v) is 3.67. The second-order valence-corrected chi connectivity index (χ2v) is 7.28. The molecule has 1 aliphatic heterocycles. The van der Waals surface area contributed by atoms with E-state index in [1.807, 2.05) is 4.90 Å². The molecule has 1 N–H and O–H groups in total. The zero-order valence-electron chi connectivity index (χ0n) is 15.3. The van der Waals surface area contributed by atoms with Gasteiger partial charge >= 0.3 is 0 Å². The van der Waals surface area contributed by atoms with E-state index in [2.05, 4.69) is 14.9 Å². The van der Waals surface area contributed by atoms with Crippen LogP contribution in [0.2, 0.25) is 5.02 Å². The summed E-state index contributed by atoms with van der Waals surface area (Å²) in [6, 6.07) is 7.88. The van der Waals surface area contributed by atoms with Gasteiger partial charge in [0.05, 0.1) is 11.2 Å². The fourth-order valence-electron chi connectivity index (χ4n) is 3.51. The summed E-state index contributed by atoms with van der Waals surface area (Å²) in [5, 5.41) is 0.547. The summed E-state index contributed by atoms with van der Waals surface area (Å²) in [4.78, 5) is 32.4. The Morgan fingerprint density at radius 2 is 1.90 bits per heavy atom. The number of hydrogen-bond acceptors (Lipinski definition) is 5. The van der Waals surface area contributed by atoms with Gasteiger partial charge in [-0.25, -0.2) is 9.37 Å². The Labute approximate surface area is 169 Å². The van der Waals surface area contributed by atoms with Crippen molar-refractivity contribution in [1.29, 1.82) is 0 Å². The maximum atomic E-state index is 14.9. The Morgan fingerprint density at radius 1 is 1.14 bits per heavy atom. The number of piperazine rings is 1. The molecule has 1 aliphatic rings. The van der Waals surface area contributed by atoms with E-state index < -0.39 is 17.3 Å². The third-order valence-corrected chi connectivity index (χ3v) is 5.35. The Morgan fingerprint density at radius 3 is 2.59 bits per heavy atom. The number of aromatic nitrogens is 2. The van der Waals surface area contributed by atoms with Gasteiger partial charge in [-0.3, -0.25) is 14.5 Å². The third-order valence-electron chi connectivity index (χ3n) is 5.07. The molecule has 29 heavy (non-hydrogen) atoms. The molecule has 3 aromatic rings. The van der Waals surface area contributed by atoms with Crippen molar-refractivity contribution < 1.29 is 13.6 Å². The molecule has 2 aromatic heterocycles. The normalized spacial score (nSPS) is 15.1. The number of nitrogens with zero attached hydrogens (tertiary/aromatic N) is 3. The summed E-state index contributed by atoms with van der Waals surface area (Å²) in [6.45, 7) is 2.65. The number of carbonyl (C=O) groups excluding carboxylic acids is 1. The molecule has 0 bridgehead atoms. The van der Waals surface area contributed by atoms with E-state index in [1.54, 1.807) is 18.2 Å². The summed E-state index contributed by atoms with van der Waals surface area (Å²) < 4.78 is 29.0. The van der Waals surface area contributed by atoms with Crippen molar-refractivity contribution in [3.05, 3.63) is 68.7 Å². The molecule has 1 saturated heterocycles. The molecule has 0 unspecified atom stereocenters. The van der Waals surface area contributed by atoms with Crippen LogP contribution >= 0.6 is 11.6 Å². The highest BCUT2D eigenvalue weighted by molar-refractivity contribution is 6.31. The molecule has 0 radical (unpaired) electrons. The molecule has 0 amide bonds. The van der Waals surface area contributed by atoms with Gasteiger partial charge < -0.3 is 9.88 Å². The molecule has 0 aliphatic carbocycles. The Hall–Kier alpha value is -2.84. The summed E-state index contributed by atoms with van der Waals surface area (Å²) in [6.07, 6.45) is 0.504. The van der Waals surface area contributed by atoms with Crippen LogP contribution in [-0.2, 0) is 6.54 Å². The van der Waals surface area contributed by atoms with Gasteiger partial charge in [0.2, 0.25) is 5.95 Å². The lowest BCUT2D eigenvalue weighted by Gasteiger charge is -2.36. The van der Waals surface area contributed by atoms with Gasteiger partial charge in [-0.2, -0.15) is 4.39 Å². The first-order valence-electron chi connectivity index (χ1n) is 9.05. The number of pyridine rings is 2. The van der Waals surface area contributed by atoms with Crippen molar-refractivity contribution in [2.75, 3.05) is 31.1 Å². The average Bonchev–Trinajstić information content (AvgIpc) is 2.72. The van der Waals surface area contributed by atoms with Crippen LogP contribution in [0.4, 0.5) is 14.5 Å². The Balaban J connectivity index is 1.47. The lowest BCUT2D eigenvalue weighted by molar-refractivity contribution is 0.111. The van der Waals surface area contributed by atoms with Crippen LogP contribution in [0.15, 0.2) is 35.1 Å². The number of rotatable bonds is 4. The van der Waals surface area contributed by atoms with Gasteiger partial charge in [-0.05, 0) is 18.2 Å². The maximum absolute atomic E-state index is 14.9. The first kappa shape index (κ1) is 19.5. The van der Waals surface area contributed by atoms with Crippen LogP contribution in [0.3, 0.4) is 0 Å². The van der Waals surface area contributed by atoms with Crippen LogP contribution < -0.4 is 10.5 Å². The van der Waals surface area contributed by atoms with Crippen molar-refractivity contribution in [3.63, 3.8) is 0 Å². The first-order chi connectivity index (χ1) is 14.0. The van der Waals surface area contributed by atoms with Crippen molar-refractivity contribution in [2.24, 2.45) is 0 Å². The average molecular weight is 419 g/mol. The Kier molecular flexibility index (Phi) is 5.29. The number of anilines is 1. The number of hydrogen-bond donors (Lipinski definition) is 1. The van der Waals surface area contributed by atoms with Gasteiger partial charge in [0, 0.05) is 43.7 Å². The number of benzene rings is 1. The molecule has 6 nitrogen and oxygen atoms in total. The van der Waals surface area contributed by atoms with Crippen LogP contribution in [0, 0.1) is 11.8 Å². The molecular weight excluding hydrogens is 402 g/mol. The molecule has 0 saturated carbocycles. The summed E-state index contributed by atoms with van der Waals surface area (Å²) >= 11 is 5.80. The summed E-state index contributed by atoms with van der Waals surface area (Å²) in [5.74, 6) is -1.15. The smallest absolute Gasteiger partial charge is 0.267 e. The predicted octanol–water partition coefficient (Wildman–Crippen LogP) is 2.99. The van der Waals surface area contributed by atoms with Crippen LogP contribution in [-0.4, -0.2) is 47.3 Å². The van der Waals surface area contributed by atoms with E-state index in [4.69, 9.17) is 11.6 Å². The van der Waals surface area contributed by atoms with Crippen LogP contribution in [0.25, 0.3) is 10.9 Å². The lowest BCUT2D eigenvalue weighted by atomic mass is 10.1. The second-order valence-electron chi connectivity index (χ2n) is 6.88. The number of fused-ring (bicyclic) bond motifs is 1. The highest BCUT2D eigenvalue weighted by atomic mass is 35.5. The molecule has 0 atom stereocenters. The van der Waals surface area contributed by atoms with Gasteiger partial charge in [0.25, 0.3) is 5.56 Å². The molecule has 0 spiro atoms. The minimum Gasteiger partial charge on any atom is -0.365 e. The highest BCUT2D eigenvalue weighted by Gasteiger charge is 2.21. The van der Waals surface area contributed by atoms with E-state index in [0.29, 0.717) is 55.6 Å². The molecule has 3 heterocycles. The van der Waals surface area contributed by atoms with Gasteiger partial charge in [0.1, 0.15) is 10.7 Å². The summed E-state index contributed by atoms with van der Waals surface area (Å²) in [7, 11) is 0. The SMILES string of the molecule is O=Cc1ccc(N2CCN(Cc3ccc4cc(Cl)c(=O)[nH]c4c3F)CC2)c(F)n1. The fraction of sp³-hybridized carbons (Fsp3) is 0.250. The molecule has 150 valence electrons. The van der Waals surface area contributed by atoms with Crippen LogP contribution in [0.5, 0.6) is 0 Å². The topological polar surface area (TPSA) is 69.3 Å². The molecule has 1 fully saturated rings. The molecule has 4 rings (SSSR count). The van der Waals surface area contributed by atoms with E-state index >= 15 is 0 Å². The Bertz CT molecular complexity index is 1140. The van der Waals surface area contributed by atoms with Crippen molar-refractivity contribution in [2.45, 2.75) is 6.54 Å². The number of aldehydes is 1. The standard InChI is InChI=1S/C20H17ClF2N4O2/c21-15-9-12-1-2-13(17(22)18(12)25-20(15)29)10-26-5-7-27(8-6-26)16-4-3-14(11-28)24-19(16)23/h1-4,9,11H,5-8,10H2,(H,25,29). The third kappa shape index (κ3) is 3.86. The van der Waals surface area contributed by atoms with Crippen molar-refractivity contribution >= 4 is 34.5 Å². The molecule has 1 aromatic carbocycles. The number of aromatic amines is 1. The highest BCUT2D eigenvalue weighted by Crippen LogP contribution is 2.23. The minimum absolute atomic E-state index is 0.0173. The zero-order valence-corrected chi connectivity index (χ0v) is 16.0.